The van der Waals surface area contributed by atoms with E-state index in [0.717, 1.165) is 50.4 Å². The van der Waals surface area contributed by atoms with Gasteiger partial charge in [-0.25, -0.2) is 0 Å². The zero-order valence-electron chi connectivity index (χ0n) is 12.4. The molecule has 2 N–H and O–H groups in total. The van der Waals surface area contributed by atoms with Crippen LogP contribution in [0.4, 0.5) is 0 Å². The molecule has 7 nitrogen and oxygen atoms in total. The highest BCUT2D eigenvalue weighted by atomic mass is 16.5. The predicted octanol–water partition coefficient (Wildman–Crippen LogP) is 0.906. The Labute approximate surface area is 128 Å². The van der Waals surface area contributed by atoms with Crippen molar-refractivity contribution in [1.29, 1.82) is 0 Å². The Morgan fingerprint density at radius 1 is 1.45 bits per heavy atom. The third-order valence-electron chi connectivity index (χ3n) is 4.66. The Bertz CT molecular complexity index is 705. The summed E-state index contributed by atoms with van der Waals surface area (Å²) >= 11 is 0. The summed E-state index contributed by atoms with van der Waals surface area (Å²) in [4.78, 5) is 13.5. The molecule has 3 heterocycles. The van der Waals surface area contributed by atoms with Gasteiger partial charge in [0.2, 0.25) is 0 Å². The Morgan fingerprint density at radius 2 is 2.36 bits per heavy atom. The number of rotatable bonds is 4. The first kappa shape index (κ1) is 13.5. The van der Waals surface area contributed by atoms with Gasteiger partial charge in [-0.3, -0.25) is 14.4 Å². The monoisotopic (exact) mass is 301 g/mol. The molecule has 1 unspecified atom stereocenters. The fraction of sp³-hybridized carbons (Fsp3) is 0.533. The van der Waals surface area contributed by atoms with Gasteiger partial charge in [0.15, 0.2) is 0 Å². The fourth-order valence-corrected chi connectivity index (χ4v) is 3.46. The summed E-state index contributed by atoms with van der Waals surface area (Å²) in [5.74, 6) is 0.642. The van der Waals surface area contributed by atoms with Crippen molar-refractivity contribution in [2.75, 3.05) is 13.1 Å². The molecule has 4 rings (SSSR count). The molecule has 1 fully saturated rings. The Hall–Kier alpha value is -2.15. The summed E-state index contributed by atoms with van der Waals surface area (Å²) in [6, 6.07) is 0.285. The molecule has 0 saturated carbocycles. The van der Waals surface area contributed by atoms with Gasteiger partial charge in [0, 0.05) is 37.8 Å². The molecular weight excluding hydrogens is 282 g/mol. The molecule has 2 aromatic rings. The van der Waals surface area contributed by atoms with E-state index in [1.807, 2.05) is 4.68 Å². The van der Waals surface area contributed by atoms with Gasteiger partial charge in [0.25, 0.3) is 5.91 Å². The van der Waals surface area contributed by atoms with Crippen LogP contribution >= 0.6 is 0 Å². The second kappa shape index (κ2) is 5.24. The number of hydrogen-bond donors (Lipinski definition) is 1. The highest BCUT2D eigenvalue weighted by Crippen LogP contribution is 2.28. The molecule has 2 aromatic heterocycles. The van der Waals surface area contributed by atoms with Crippen LogP contribution in [0.3, 0.4) is 0 Å². The number of aryl methyl sites for hydroxylation is 1. The van der Waals surface area contributed by atoms with Crippen molar-refractivity contribution >= 4 is 5.91 Å². The number of nitrogens with two attached hydrogens (primary N) is 1. The Morgan fingerprint density at radius 3 is 3.18 bits per heavy atom. The van der Waals surface area contributed by atoms with Crippen molar-refractivity contribution in [3.8, 4) is 0 Å². The summed E-state index contributed by atoms with van der Waals surface area (Å²) in [5.41, 5.74) is 8.15. The first-order chi connectivity index (χ1) is 10.7. The molecule has 0 radical (unpaired) electrons. The van der Waals surface area contributed by atoms with E-state index in [0.29, 0.717) is 5.56 Å². The lowest BCUT2D eigenvalue weighted by molar-refractivity contribution is 0.1000. The van der Waals surface area contributed by atoms with E-state index in [4.69, 9.17) is 10.3 Å². The van der Waals surface area contributed by atoms with Gasteiger partial charge >= 0.3 is 0 Å². The minimum atomic E-state index is -0.431. The molecule has 0 bridgehead atoms. The van der Waals surface area contributed by atoms with Gasteiger partial charge in [0.1, 0.15) is 11.5 Å². The molecule has 0 spiro atoms. The molecule has 1 aliphatic heterocycles. The van der Waals surface area contributed by atoms with Crippen LogP contribution < -0.4 is 5.73 Å². The second-order valence-corrected chi connectivity index (χ2v) is 6.14. The van der Waals surface area contributed by atoms with Crippen molar-refractivity contribution in [3.63, 3.8) is 0 Å². The summed E-state index contributed by atoms with van der Waals surface area (Å²) in [6.45, 7) is 2.73. The first-order valence-corrected chi connectivity index (χ1v) is 7.73. The maximum atomic E-state index is 11.2. The van der Waals surface area contributed by atoms with Crippen LogP contribution in [0.15, 0.2) is 16.9 Å². The number of aromatic nitrogens is 3. The number of likely N-dealkylation sites (tertiary alicyclic amines) is 1. The maximum absolute atomic E-state index is 11.2. The largest absolute Gasteiger partial charge is 0.366 e. The average molecular weight is 301 g/mol. The molecule has 1 atom stereocenters. The molecule has 0 aromatic carbocycles. The van der Waals surface area contributed by atoms with E-state index < -0.39 is 5.91 Å². The number of hydrogen-bond acceptors (Lipinski definition) is 5. The van der Waals surface area contributed by atoms with Gasteiger partial charge in [-0.05, 0) is 19.3 Å². The quantitative estimate of drug-likeness (QED) is 0.906. The van der Waals surface area contributed by atoms with Gasteiger partial charge in [0.05, 0.1) is 17.8 Å². The third-order valence-corrected chi connectivity index (χ3v) is 4.66. The van der Waals surface area contributed by atoms with Crippen LogP contribution in [0, 0.1) is 0 Å². The van der Waals surface area contributed by atoms with E-state index in [1.165, 1.54) is 18.2 Å². The van der Waals surface area contributed by atoms with Crippen LogP contribution in [0.1, 0.15) is 46.3 Å². The fourth-order valence-electron chi connectivity index (χ4n) is 3.46. The summed E-state index contributed by atoms with van der Waals surface area (Å²) < 4.78 is 7.27. The van der Waals surface area contributed by atoms with Crippen LogP contribution in [0.2, 0.25) is 0 Å². The SMILES string of the molecule is NC(=O)c1cnn(C2CCN(Cc3noc4c3CCC4)C2)c1. The number of fused-ring (bicyclic) bond motifs is 1. The van der Waals surface area contributed by atoms with E-state index in [1.54, 1.807) is 6.20 Å². The average Bonchev–Trinajstić information content (AvgIpc) is 3.24. The van der Waals surface area contributed by atoms with Crippen molar-refractivity contribution < 1.29 is 9.32 Å². The smallest absolute Gasteiger partial charge is 0.251 e. The molecule has 116 valence electrons. The summed E-state index contributed by atoms with van der Waals surface area (Å²) in [7, 11) is 0. The standard InChI is InChI=1S/C15H19N5O2/c16-15(21)10-6-17-20(7-10)11-4-5-19(8-11)9-13-12-2-1-3-14(12)22-18-13/h6-7,11H,1-5,8-9H2,(H2,16,21). The first-order valence-electron chi connectivity index (χ1n) is 7.73. The minimum absolute atomic E-state index is 0.285. The lowest BCUT2D eigenvalue weighted by Crippen LogP contribution is -2.22. The van der Waals surface area contributed by atoms with Crippen LogP contribution in [0.5, 0.6) is 0 Å². The molecule has 7 heteroatoms. The number of nitrogens with zero attached hydrogens (tertiary/aromatic N) is 4. The second-order valence-electron chi connectivity index (χ2n) is 6.14. The number of primary amides is 1. The van der Waals surface area contributed by atoms with Crippen molar-refractivity contribution in [3.05, 3.63) is 35.0 Å². The van der Waals surface area contributed by atoms with E-state index in [-0.39, 0.29) is 6.04 Å². The topological polar surface area (TPSA) is 90.2 Å². The zero-order valence-corrected chi connectivity index (χ0v) is 12.4. The lowest BCUT2D eigenvalue weighted by Gasteiger charge is -2.15. The number of amides is 1. The molecule has 22 heavy (non-hydrogen) atoms. The molecule has 1 saturated heterocycles. The summed E-state index contributed by atoms with van der Waals surface area (Å²) in [5, 5.41) is 8.49. The van der Waals surface area contributed by atoms with Crippen LogP contribution in [-0.4, -0.2) is 38.8 Å². The van der Waals surface area contributed by atoms with Gasteiger partial charge < -0.3 is 10.3 Å². The van der Waals surface area contributed by atoms with E-state index in [2.05, 4.69) is 15.2 Å². The molecule has 2 aliphatic rings. The normalized spacial score (nSPS) is 21.4. The van der Waals surface area contributed by atoms with E-state index in [9.17, 15) is 4.79 Å². The predicted molar refractivity (Wildman–Crippen MR) is 78.2 cm³/mol. The van der Waals surface area contributed by atoms with Crippen LogP contribution in [-0.2, 0) is 19.4 Å². The van der Waals surface area contributed by atoms with E-state index >= 15 is 0 Å². The van der Waals surface area contributed by atoms with Crippen molar-refractivity contribution in [2.24, 2.45) is 5.73 Å². The van der Waals surface area contributed by atoms with Gasteiger partial charge in [-0.2, -0.15) is 5.10 Å². The van der Waals surface area contributed by atoms with Gasteiger partial charge in [-0.15, -0.1) is 0 Å². The molecular formula is C15H19N5O2. The van der Waals surface area contributed by atoms with Crippen molar-refractivity contribution in [1.82, 2.24) is 19.8 Å². The minimum Gasteiger partial charge on any atom is -0.366 e. The highest BCUT2D eigenvalue weighted by molar-refractivity contribution is 5.92. The van der Waals surface area contributed by atoms with Gasteiger partial charge in [-0.1, -0.05) is 5.16 Å². The zero-order chi connectivity index (χ0) is 15.1. The highest BCUT2D eigenvalue weighted by Gasteiger charge is 2.28. The lowest BCUT2D eigenvalue weighted by atomic mass is 10.2. The molecule has 1 amide bonds. The Balaban J connectivity index is 1.42. The molecule has 1 aliphatic carbocycles. The number of carbonyl (C=O) groups excluding carboxylic acids is 1. The van der Waals surface area contributed by atoms with Crippen molar-refractivity contribution in [2.45, 2.75) is 38.3 Å². The third kappa shape index (κ3) is 2.31. The maximum Gasteiger partial charge on any atom is 0.251 e. The Kier molecular flexibility index (Phi) is 3.22. The van der Waals surface area contributed by atoms with Crippen LogP contribution in [0.25, 0.3) is 0 Å². The summed E-state index contributed by atoms with van der Waals surface area (Å²) in [6.07, 6.45) is 7.58. The number of carbonyl (C=O) groups is 1.